The highest BCUT2D eigenvalue weighted by Crippen LogP contribution is 2.51. The highest BCUT2D eigenvalue weighted by molar-refractivity contribution is 6.30. The summed E-state index contributed by atoms with van der Waals surface area (Å²) in [5, 5.41) is 0.801. The molecule has 0 spiro atoms. The maximum Gasteiger partial charge on any atom is 0.308 e. The fourth-order valence-corrected chi connectivity index (χ4v) is 4.37. The molecule has 0 saturated heterocycles. The number of aryl methyl sites for hydroxylation is 1. The molecule has 1 fully saturated rings. The number of ether oxygens (including phenoxy) is 2. The quantitative estimate of drug-likeness (QED) is 0.409. The summed E-state index contributed by atoms with van der Waals surface area (Å²) < 4.78 is 39.2. The highest BCUT2D eigenvalue weighted by atomic mass is 35.5. The molecule has 3 atom stereocenters. The molecular formula is C26H29ClF2O5. The predicted octanol–water partition coefficient (Wildman–Crippen LogP) is 5.63. The highest BCUT2D eigenvalue weighted by Gasteiger charge is 2.52. The van der Waals surface area contributed by atoms with Gasteiger partial charge in [0.2, 0.25) is 0 Å². The Morgan fingerprint density at radius 2 is 1.79 bits per heavy atom. The Hall–Kier alpha value is -2.80. The van der Waals surface area contributed by atoms with Crippen molar-refractivity contribution in [3.63, 3.8) is 0 Å². The van der Waals surface area contributed by atoms with Crippen molar-refractivity contribution in [2.24, 2.45) is 11.8 Å². The van der Waals surface area contributed by atoms with Crippen LogP contribution in [0.25, 0.3) is 0 Å². The second-order valence-corrected chi connectivity index (χ2v) is 9.12. The average molecular weight is 495 g/mol. The zero-order chi connectivity index (χ0) is 25.5. The molecule has 2 aromatic rings. The van der Waals surface area contributed by atoms with Crippen molar-refractivity contribution in [1.29, 1.82) is 0 Å². The van der Waals surface area contributed by atoms with Crippen molar-refractivity contribution in [3.05, 3.63) is 64.2 Å². The first kappa shape index (κ1) is 27.4. The molecule has 0 amide bonds. The van der Waals surface area contributed by atoms with Gasteiger partial charge in [-0.15, -0.1) is 0 Å². The number of carbonyl (C=O) groups excluding carboxylic acids is 3. The van der Waals surface area contributed by atoms with Gasteiger partial charge < -0.3 is 19.1 Å². The van der Waals surface area contributed by atoms with E-state index in [-0.39, 0.29) is 41.8 Å². The number of hydrogen-bond donors (Lipinski definition) is 0. The van der Waals surface area contributed by atoms with Crippen LogP contribution in [-0.4, -0.2) is 31.8 Å². The molecule has 1 saturated carbocycles. The minimum atomic E-state index is -1.12. The molecule has 1 aliphatic heterocycles. The van der Waals surface area contributed by atoms with Crippen LogP contribution in [-0.2, 0) is 24.5 Å². The Bertz CT molecular complexity index is 974. The van der Waals surface area contributed by atoms with E-state index >= 15 is 0 Å². The maximum absolute atomic E-state index is 14.4. The van der Waals surface area contributed by atoms with Gasteiger partial charge in [0.15, 0.2) is 11.6 Å². The summed E-state index contributed by atoms with van der Waals surface area (Å²) in [4.78, 5) is 31.7. The summed E-state index contributed by atoms with van der Waals surface area (Å²) in [5.41, 5.74) is 0.123. The summed E-state index contributed by atoms with van der Waals surface area (Å²) >= 11 is 5.61. The molecule has 34 heavy (non-hydrogen) atoms. The van der Waals surface area contributed by atoms with Crippen LogP contribution in [0.5, 0.6) is 5.75 Å². The Kier molecular flexibility index (Phi) is 9.74. The molecule has 0 radical (unpaired) electrons. The van der Waals surface area contributed by atoms with Gasteiger partial charge in [-0.05, 0) is 50.5 Å². The molecule has 0 bridgehead atoms. The fourth-order valence-electron chi connectivity index (χ4n) is 4.24. The lowest BCUT2D eigenvalue weighted by Crippen LogP contribution is -2.50. The number of esters is 1. The topological polar surface area (TPSA) is 69.7 Å². The second-order valence-electron chi connectivity index (χ2n) is 8.68. The number of fused-ring (bicyclic) bond motifs is 3. The van der Waals surface area contributed by atoms with Crippen molar-refractivity contribution in [1.82, 2.24) is 0 Å². The Morgan fingerprint density at radius 3 is 2.35 bits per heavy atom. The van der Waals surface area contributed by atoms with Crippen molar-refractivity contribution < 1.29 is 32.6 Å². The molecule has 5 nitrogen and oxygen atoms in total. The Morgan fingerprint density at radius 1 is 1.18 bits per heavy atom. The summed E-state index contributed by atoms with van der Waals surface area (Å²) in [7, 11) is 0. The van der Waals surface area contributed by atoms with Crippen LogP contribution in [0.2, 0.25) is 5.02 Å². The lowest BCUT2D eigenvalue weighted by Gasteiger charge is -2.46. The number of hydrogen-bond acceptors (Lipinski definition) is 5. The number of benzene rings is 2. The van der Waals surface area contributed by atoms with E-state index in [1.165, 1.54) is 5.56 Å². The van der Waals surface area contributed by atoms with E-state index in [4.69, 9.17) is 25.9 Å². The predicted molar refractivity (Wildman–Crippen MR) is 125 cm³/mol. The van der Waals surface area contributed by atoms with E-state index in [1.807, 2.05) is 38.0 Å². The third-order valence-corrected chi connectivity index (χ3v) is 6.34. The van der Waals surface area contributed by atoms with Gasteiger partial charge in [-0.25, -0.2) is 8.78 Å². The van der Waals surface area contributed by atoms with Crippen LogP contribution < -0.4 is 4.74 Å². The molecule has 0 N–H and O–H groups in total. The van der Waals surface area contributed by atoms with Crippen LogP contribution >= 0.6 is 11.6 Å². The number of halogens is 3. The first-order valence-electron chi connectivity index (χ1n) is 11.0. The SMILES string of the molecule is C=O.CC(C)C(=O)O[C@@H]1CCC2(C=O)c3c(F)ccc(F)c3OC[C@H]2C1.Cc1ccc(Cl)cc1. The number of aldehydes is 1. The van der Waals surface area contributed by atoms with Crippen LogP contribution in [0.3, 0.4) is 0 Å². The van der Waals surface area contributed by atoms with E-state index in [1.54, 1.807) is 13.8 Å². The van der Waals surface area contributed by atoms with Crippen molar-refractivity contribution in [3.8, 4) is 5.75 Å². The molecular weight excluding hydrogens is 466 g/mol. The van der Waals surface area contributed by atoms with Crippen LogP contribution in [0, 0.1) is 30.4 Å². The lowest BCUT2D eigenvalue weighted by molar-refractivity contribution is -0.157. The number of rotatable bonds is 3. The van der Waals surface area contributed by atoms with Gasteiger partial charge >= 0.3 is 5.97 Å². The normalized spacial score (nSPS) is 22.4. The molecule has 4 rings (SSSR count). The van der Waals surface area contributed by atoms with E-state index in [0.717, 1.165) is 17.2 Å². The molecule has 0 aromatic heterocycles. The van der Waals surface area contributed by atoms with Crippen LogP contribution in [0.4, 0.5) is 8.78 Å². The van der Waals surface area contributed by atoms with E-state index in [0.29, 0.717) is 25.5 Å². The van der Waals surface area contributed by atoms with E-state index < -0.39 is 17.0 Å². The average Bonchev–Trinajstić information content (AvgIpc) is 2.84. The minimum absolute atomic E-state index is 0.00221. The Balaban J connectivity index is 0.000000343. The third-order valence-electron chi connectivity index (χ3n) is 6.08. The van der Waals surface area contributed by atoms with Crippen molar-refractivity contribution in [2.75, 3.05) is 6.61 Å². The molecule has 184 valence electrons. The zero-order valence-electron chi connectivity index (χ0n) is 19.5. The Labute approximate surface area is 203 Å². The largest absolute Gasteiger partial charge is 0.490 e. The third kappa shape index (κ3) is 6.00. The summed E-state index contributed by atoms with van der Waals surface area (Å²) in [6, 6.07) is 9.78. The second kappa shape index (κ2) is 12.1. The van der Waals surface area contributed by atoms with E-state index in [9.17, 15) is 18.4 Å². The van der Waals surface area contributed by atoms with Gasteiger partial charge in [-0.3, -0.25) is 4.79 Å². The van der Waals surface area contributed by atoms with Gasteiger partial charge in [-0.2, -0.15) is 0 Å². The zero-order valence-corrected chi connectivity index (χ0v) is 20.2. The molecule has 1 heterocycles. The minimum Gasteiger partial charge on any atom is -0.490 e. The maximum atomic E-state index is 14.4. The van der Waals surface area contributed by atoms with Gasteiger partial charge in [0.25, 0.3) is 0 Å². The fraction of sp³-hybridized carbons (Fsp3) is 0.423. The molecule has 2 aliphatic rings. The smallest absolute Gasteiger partial charge is 0.308 e. The summed E-state index contributed by atoms with van der Waals surface area (Å²) in [6.45, 7) is 7.64. The van der Waals surface area contributed by atoms with Gasteiger partial charge in [0, 0.05) is 16.5 Å². The van der Waals surface area contributed by atoms with Crippen molar-refractivity contribution >= 4 is 30.6 Å². The van der Waals surface area contributed by atoms with Gasteiger partial charge in [0.1, 0.15) is 25.0 Å². The molecule has 1 unspecified atom stereocenters. The van der Waals surface area contributed by atoms with Crippen LogP contribution in [0.1, 0.15) is 44.2 Å². The monoisotopic (exact) mass is 494 g/mol. The van der Waals surface area contributed by atoms with E-state index in [2.05, 4.69) is 0 Å². The summed E-state index contributed by atoms with van der Waals surface area (Å²) in [5.74, 6) is -2.36. The first-order valence-corrected chi connectivity index (χ1v) is 11.3. The molecule has 1 aliphatic carbocycles. The lowest BCUT2D eigenvalue weighted by atomic mass is 9.61. The molecule has 8 heteroatoms. The first-order chi connectivity index (χ1) is 16.2. The standard InChI is InChI=1S/C18H20F2O4.C7H7Cl.CH2O/c1-10(2)17(22)24-12-5-6-18(9-21)11(7-12)8-23-16-14(20)4-3-13(19)15(16)18;1-6-2-4-7(8)5-3-6;1-2/h3-4,9-12H,5-8H2,1-2H3;2-5H,1H3;1H2/t11-,12-,18?;;/m1../s1. The van der Waals surface area contributed by atoms with Gasteiger partial charge in [-0.1, -0.05) is 43.1 Å². The van der Waals surface area contributed by atoms with Gasteiger partial charge in [0.05, 0.1) is 17.9 Å². The van der Waals surface area contributed by atoms with Crippen LogP contribution in [0.15, 0.2) is 36.4 Å². The summed E-state index contributed by atoms with van der Waals surface area (Å²) in [6.07, 6.45) is 1.51. The number of carbonyl (C=O) groups is 3. The van der Waals surface area contributed by atoms with Crippen molar-refractivity contribution in [2.45, 2.75) is 51.6 Å². The molecule has 2 aromatic carbocycles.